The molecule has 11 heteroatoms. The van der Waals surface area contributed by atoms with E-state index in [1.54, 1.807) is 0 Å². The molecule has 8 N–H and O–H groups in total. The summed E-state index contributed by atoms with van der Waals surface area (Å²) < 4.78 is 11.0. The van der Waals surface area contributed by atoms with Crippen LogP contribution in [0, 0.1) is 0 Å². The lowest BCUT2D eigenvalue weighted by Crippen LogP contribution is -2.60. The van der Waals surface area contributed by atoms with Gasteiger partial charge in [0.05, 0.1) is 25.4 Å². The van der Waals surface area contributed by atoms with Crippen LogP contribution in [0.25, 0.3) is 0 Å². The second-order valence-electron chi connectivity index (χ2n) is 16.1. The van der Waals surface area contributed by atoms with Gasteiger partial charge in [0.25, 0.3) is 0 Å². The molecule has 0 spiro atoms. The number of aliphatic hydroxyl groups is 7. The van der Waals surface area contributed by atoms with Crippen molar-refractivity contribution in [3.05, 3.63) is 24.3 Å². The summed E-state index contributed by atoms with van der Waals surface area (Å²) in [7, 11) is 0. The van der Waals surface area contributed by atoms with Gasteiger partial charge in [-0.2, -0.15) is 0 Å². The minimum Gasteiger partial charge on any atom is -0.394 e. The van der Waals surface area contributed by atoms with Crippen molar-refractivity contribution >= 4 is 5.91 Å². The summed E-state index contributed by atoms with van der Waals surface area (Å²) in [6.07, 6.45) is 27.1. The summed E-state index contributed by atoms with van der Waals surface area (Å²) in [4.78, 5) is 13.0. The molecular weight excluding hydrogens is 714 g/mol. The average Bonchev–Trinajstić information content (AvgIpc) is 3.20. The minimum atomic E-state index is -1.67. The fraction of sp³-hybridized carbons (Fsp3) is 0.889. The standard InChI is InChI=1S/C45H85NO10/c1-3-5-7-9-11-12-13-14-15-16-17-18-19-20-21-22-23-24-25-27-29-31-33-38(49)44(54)46-36(40(50)37(48)32-30-28-26-10-8-6-4-2)35-55-45-43(53)42(52)41(51)39(34-47)56-45/h10,20-21,26,36-43,45,47-53H,3-9,11-19,22-25,27-35H2,1-2H3,(H,46,54)/b21-20-,26-10+. The van der Waals surface area contributed by atoms with Crippen LogP contribution in [0.5, 0.6) is 0 Å². The van der Waals surface area contributed by atoms with E-state index in [0.717, 1.165) is 64.2 Å². The van der Waals surface area contributed by atoms with Gasteiger partial charge in [-0.05, 0) is 57.8 Å². The summed E-state index contributed by atoms with van der Waals surface area (Å²) >= 11 is 0. The number of ether oxygens (including phenoxy) is 2. The van der Waals surface area contributed by atoms with Crippen LogP contribution in [0.1, 0.15) is 187 Å². The molecule has 9 unspecified atom stereocenters. The quantitative estimate of drug-likeness (QED) is 0.0239. The van der Waals surface area contributed by atoms with Crippen LogP contribution in [0.4, 0.5) is 0 Å². The SMILES string of the molecule is CCCC/C=C/CCCC(O)C(O)C(COC1OC(CO)C(O)C(O)C1O)NC(=O)C(O)CCCCCCCC/C=C\CCCCCCCCCCCCCC. The van der Waals surface area contributed by atoms with Gasteiger partial charge >= 0.3 is 0 Å². The van der Waals surface area contributed by atoms with Gasteiger partial charge in [0, 0.05) is 0 Å². The zero-order valence-corrected chi connectivity index (χ0v) is 35.4. The Balaban J connectivity index is 2.34. The zero-order valence-electron chi connectivity index (χ0n) is 35.4. The number of amides is 1. The van der Waals surface area contributed by atoms with Gasteiger partial charge in [-0.3, -0.25) is 4.79 Å². The van der Waals surface area contributed by atoms with E-state index in [1.807, 2.05) is 6.08 Å². The van der Waals surface area contributed by atoms with Gasteiger partial charge in [0.1, 0.15) is 36.6 Å². The minimum absolute atomic E-state index is 0.247. The van der Waals surface area contributed by atoms with Crippen molar-refractivity contribution in [1.29, 1.82) is 0 Å². The maximum Gasteiger partial charge on any atom is 0.249 e. The highest BCUT2D eigenvalue weighted by molar-refractivity contribution is 5.80. The molecule has 0 aliphatic carbocycles. The molecule has 56 heavy (non-hydrogen) atoms. The monoisotopic (exact) mass is 800 g/mol. The largest absolute Gasteiger partial charge is 0.394 e. The van der Waals surface area contributed by atoms with Crippen molar-refractivity contribution in [2.24, 2.45) is 0 Å². The Morgan fingerprint density at radius 1 is 0.607 bits per heavy atom. The van der Waals surface area contributed by atoms with E-state index in [9.17, 15) is 40.5 Å². The highest BCUT2D eigenvalue weighted by Gasteiger charge is 2.44. The third-order valence-electron chi connectivity index (χ3n) is 11.0. The van der Waals surface area contributed by atoms with Crippen molar-refractivity contribution in [3.63, 3.8) is 0 Å². The third-order valence-corrected chi connectivity index (χ3v) is 11.0. The van der Waals surface area contributed by atoms with E-state index >= 15 is 0 Å². The molecule has 1 heterocycles. The first-order chi connectivity index (χ1) is 27.2. The summed E-state index contributed by atoms with van der Waals surface area (Å²) in [5.74, 6) is -0.715. The lowest BCUT2D eigenvalue weighted by Gasteiger charge is -2.40. The van der Waals surface area contributed by atoms with Crippen molar-refractivity contribution in [1.82, 2.24) is 5.32 Å². The molecular formula is C45H85NO10. The van der Waals surface area contributed by atoms with Gasteiger partial charge in [-0.25, -0.2) is 0 Å². The van der Waals surface area contributed by atoms with Gasteiger partial charge in [0.2, 0.25) is 5.91 Å². The van der Waals surface area contributed by atoms with E-state index < -0.39 is 74.2 Å². The van der Waals surface area contributed by atoms with E-state index in [4.69, 9.17) is 9.47 Å². The lowest BCUT2D eigenvalue weighted by atomic mass is 9.98. The fourth-order valence-electron chi connectivity index (χ4n) is 7.13. The average molecular weight is 800 g/mol. The number of allylic oxidation sites excluding steroid dienone is 4. The second kappa shape index (κ2) is 35.5. The Kier molecular flexibility index (Phi) is 33.4. The lowest BCUT2D eigenvalue weighted by molar-refractivity contribution is -0.303. The Hall–Kier alpha value is -1.41. The van der Waals surface area contributed by atoms with Crippen LogP contribution >= 0.6 is 0 Å². The summed E-state index contributed by atoms with van der Waals surface area (Å²) in [6, 6.07) is -1.18. The number of carbonyl (C=O) groups is 1. The Labute approximate surface area is 340 Å². The van der Waals surface area contributed by atoms with Gasteiger partial charge < -0.3 is 50.5 Å². The predicted octanol–water partition coefficient (Wildman–Crippen LogP) is 7.06. The molecule has 0 radical (unpaired) electrons. The van der Waals surface area contributed by atoms with Crippen molar-refractivity contribution < 1.29 is 50.0 Å². The molecule has 1 aliphatic rings. The summed E-state index contributed by atoms with van der Waals surface area (Å²) in [5.41, 5.74) is 0. The predicted molar refractivity (Wildman–Crippen MR) is 224 cm³/mol. The van der Waals surface area contributed by atoms with Crippen LogP contribution in [0.2, 0.25) is 0 Å². The molecule has 330 valence electrons. The molecule has 0 saturated carbocycles. The Morgan fingerprint density at radius 3 is 1.59 bits per heavy atom. The van der Waals surface area contributed by atoms with Crippen LogP contribution in [-0.2, 0) is 14.3 Å². The number of carbonyl (C=O) groups excluding carboxylic acids is 1. The molecule has 1 amide bonds. The van der Waals surface area contributed by atoms with Crippen molar-refractivity contribution in [2.45, 2.75) is 242 Å². The fourth-order valence-corrected chi connectivity index (χ4v) is 7.13. The van der Waals surface area contributed by atoms with Crippen molar-refractivity contribution in [2.75, 3.05) is 13.2 Å². The second-order valence-corrected chi connectivity index (χ2v) is 16.1. The molecule has 1 fully saturated rings. The first kappa shape index (κ1) is 52.6. The summed E-state index contributed by atoms with van der Waals surface area (Å²) in [6.45, 7) is 3.32. The highest BCUT2D eigenvalue weighted by Crippen LogP contribution is 2.23. The molecule has 9 atom stereocenters. The van der Waals surface area contributed by atoms with Crippen molar-refractivity contribution in [3.8, 4) is 0 Å². The van der Waals surface area contributed by atoms with E-state index in [-0.39, 0.29) is 12.8 Å². The Bertz CT molecular complexity index is 965. The summed E-state index contributed by atoms with van der Waals surface area (Å²) in [5, 5.41) is 75.2. The maximum absolute atomic E-state index is 13.0. The zero-order chi connectivity index (χ0) is 41.2. The molecule has 0 aromatic heterocycles. The molecule has 0 aromatic carbocycles. The van der Waals surface area contributed by atoms with Crippen LogP contribution in [0.3, 0.4) is 0 Å². The highest BCUT2D eigenvalue weighted by atomic mass is 16.7. The molecule has 0 bridgehead atoms. The molecule has 1 saturated heterocycles. The van der Waals surface area contributed by atoms with E-state index in [1.165, 1.54) is 83.5 Å². The number of aliphatic hydroxyl groups excluding tert-OH is 7. The van der Waals surface area contributed by atoms with Gasteiger partial charge in [-0.1, -0.05) is 154 Å². The van der Waals surface area contributed by atoms with Crippen LogP contribution < -0.4 is 5.32 Å². The number of hydrogen-bond donors (Lipinski definition) is 8. The normalized spacial score (nSPS) is 22.5. The van der Waals surface area contributed by atoms with Crippen LogP contribution in [0.15, 0.2) is 24.3 Å². The first-order valence-electron chi connectivity index (χ1n) is 22.7. The van der Waals surface area contributed by atoms with Gasteiger partial charge in [0.15, 0.2) is 6.29 Å². The molecule has 1 rings (SSSR count). The van der Waals surface area contributed by atoms with E-state index in [2.05, 4.69) is 37.4 Å². The molecule has 0 aromatic rings. The Morgan fingerprint density at radius 2 is 1.07 bits per heavy atom. The number of unbranched alkanes of at least 4 members (excludes halogenated alkanes) is 21. The third kappa shape index (κ3) is 25.2. The molecule has 1 aliphatic heterocycles. The number of nitrogens with one attached hydrogen (secondary N) is 1. The van der Waals surface area contributed by atoms with Crippen LogP contribution in [-0.4, -0.2) is 110 Å². The topological polar surface area (TPSA) is 189 Å². The number of hydrogen-bond acceptors (Lipinski definition) is 10. The first-order valence-corrected chi connectivity index (χ1v) is 22.7. The molecule has 11 nitrogen and oxygen atoms in total. The van der Waals surface area contributed by atoms with E-state index in [0.29, 0.717) is 12.8 Å². The van der Waals surface area contributed by atoms with Gasteiger partial charge in [-0.15, -0.1) is 0 Å². The smallest absolute Gasteiger partial charge is 0.249 e. The number of rotatable bonds is 37. The maximum atomic E-state index is 13.0.